The van der Waals surface area contributed by atoms with Gasteiger partial charge in [0.15, 0.2) is 0 Å². The normalized spacial score (nSPS) is 11.4. The van der Waals surface area contributed by atoms with Crippen molar-refractivity contribution in [3.63, 3.8) is 0 Å². The minimum absolute atomic E-state index is 0.264. The van der Waals surface area contributed by atoms with Crippen molar-refractivity contribution in [3.8, 4) is 11.3 Å². The summed E-state index contributed by atoms with van der Waals surface area (Å²) in [6.45, 7) is 3.25. The molecule has 0 radical (unpaired) electrons. The van der Waals surface area contributed by atoms with Crippen LogP contribution in [0.5, 0.6) is 0 Å². The first-order chi connectivity index (χ1) is 14.2. The van der Waals surface area contributed by atoms with Gasteiger partial charge in [-0.2, -0.15) is 14.6 Å². The molecular formula is C18H16FN9S. The summed E-state index contributed by atoms with van der Waals surface area (Å²) in [6.07, 6.45) is 3.32. The van der Waals surface area contributed by atoms with Gasteiger partial charge in [0.1, 0.15) is 18.0 Å². The number of halogens is 1. The Labute approximate surface area is 168 Å². The van der Waals surface area contributed by atoms with Gasteiger partial charge < -0.3 is 10.6 Å². The lowest BCUT2D eigenvalue weighted by molar-refractivity contribution is 0.628. The van der Waals surface area contributed by atoms with Gasteiger partial charge in [-0.1, -0.05) is 11.3 Å². The van der Waals surface area contributed by atoms with Crippen LogP contribution in [0.1, 0.15) is 5.69 Å². The maximum absolute atomic E-state index is 13.1. The average molecular weight is 409 g/mol. The molecule has 5 rings (SSSR count). The van der Waals surface area contributed by atoms with E-state index in [-0.39, 0.29) is 5.82 Å². The van der Waals surface area contributed by atoms with Crippen molar-refractivity contribution >= 4 is 33.0 Å². The molecule has 0 spiro atoms. The Balaban J connectivity index is 1.22. The number of nitrogens with zero attached hydrogens (tertiary/aromatic N) is 7. The Hall–Kier alpha value is -3.60. The Morgan fingerprint density at radius 1 is 1.10 bits per heavy atom. The number of benzene rings is 1. The van der Waals surface area contributed by atoms with Crippen molar-refractivity contribution in [2.24, 2.45) is 0 Å². The zero-order valence-electron chi connectivity index (χ0n) is 15.4. The third-order valence-electron chi connectivity index (χ3n) is 4.27. The van der Waals surface area contributed by atoms with Crippen molar-refractivity contribution in [1.82, 2.24) is 34.2 Å². The molecule has 146 valence electrons. The van der Waals surface area contributed by atoms with Gasteiger partial charge in [0.05, 0.1) is 11.9 Å². The Kier molecular flexibility index (Phi) is 4.28. The number of aromatic nitrogens is 7. The molecule has 0 atom stereocenters. The van der Waals surface area contributed by atoms with Crippen LogP contribution >= 0.6 is 11.3 Å². The van der Waals surface area contributed by atoms with Gasteiger partial charge >= 0.3 is 0 Å². The first-order valence-electron chi connectivity index (χ1n) is 8.93. The predicted molar refractivity (Wildman–Crippen MR) is 109 cm³/mol. The highest BCUT2D eigenvalue weighted by Gasteiger charge is 2.10. The second kappa shape index (κ2) is 7.09. The molecule has 1 aromatic carbocycles. The van der Waals surface area contributed by atoms with E-state index >= 15 is 0 Å². The lowest BCUT2D eigenvalue weighted by Gasteiger charge is -2.08. The summed E-state index contributed by atoms with van der Waals surface area (Å²) in [4.78, 5) is 13.8. The minimum Gasteiger partial charge on any atom is -0.368 e. The van der Waals surface area contributed by atoms with Crippen LogP contribution in [0.3, 0.4) is 0 Å². The second-order valence-corrected chi connectivity index (χ2v) is 7.33. The molecular weight excluding hydrogens is 393 g/mol. The van der Waals surface area contributed by atoms with Crippen molar-refractivity contribution in [3.05, 3.63) is 54.4 Å². The molecule has 0 unspecified atom stereocenters. The Bertz CT molecular complexity index is 1260. The van der Waals surface area contributed by atoms with E-state index in [0.717, 1.165) is 32.9 Å². The standard InChI is InChI=1S/C18H16FN9S/c1-11-8-15(28-16(24-11)22-10-23-28)20-6-7-21-17-26-27-9-14(25-18(27)29-17)12-2-4-13(19)5-3-12/h2-5,8-10,20H,6-7H2,1H3,(H,21,26). The zero-order valence-corrected chi connectivity index (χ0v) is 16.2. The first kappa shape index (κ1) is 17.5. The molecule has 0 bridgehead atoms. The van der Waals surface area contributed by atoms with Crippen LogP contribution < -0.4 is 10.6 Å². The van der Waals surface area contributed by atoms with Crippen LogP contribution in [0.2, 0.25) is 0 Å². The molecule has 0 amide bonds. The number of fused-ring (bicyclic) bond motifs is 2. The molecule has 0 aliphatic carbocycles. The van der Waals surface area contributed by atoms with E-state index in [2.05, 4.69) is 35.8 Å². The molecule has 4 aromatic heterocycles. The van der Waals surface area contributed by atoms with Gasteiger partial charge in [-0.25, -0.2) is 18.9 Å². The molecule has 0 fully saturated rings. The van der Waals surface area contributed by atoms with E-state index in [4.69, 9.17) is 0 Å². The SMILES string of the molecule is Cc1cc(NCCNc2nn3cc(-c4ccc(F)cc4)nc3s2)n2ncnc2n1. The fraction of sp³-hybridized carbons (Fsp3) is 0.167. The topological polar surface area (TPSA) is 97.3 Å². The molecule has 11 heteroatoms. The third kappa shape index (κ3) is 3.47. The molecule has 2 N–H and O–H groups in total. The molecule has 0 aliphatic heterocycles. The van der Waals surface area contributed by atoms with Gasteiger partial charge in [-0.3, -0.25) is 0 Å². The second-order valence-electron chi connectivity index (χ2n) is 6.38. The summed E-state index contributed by atoms with van der Waals surface area (Å²) in [6, 6.07) is 8.19. The Morgan fingerprint density at radius 3 is 2.76 bits per heavy atom. The molecule has 9 nitrogen and oxygen atoms in total. The molecule has 5 aromatic rings. The van der Waals surface area contributed by atoms with Crippen molar-refractivity contribution in [2.75, 3.05) is 23.7 Å². The van der Waals surface area contributed by atoms with E-state index in [0.29, 0.717) is 18.9 Å². The maximum Gasteiger partial charge on any atom is 0.254 e. The highest BCUT2D eigenvalue weighted by molar-refractivity contribution is 7.20. The van der Waals surface area contributed by atoms with Crippen LogP contribution in [-0.2, 0) is 0 Å². The lowest BCUT2D eigenvalue weighted by atomic mass is 10.2. The maximum atomic E-state index is 13.1. The van der Waals surface area contributed by atoms with Crippen LogP contribution in [0, 0.1) is 12.7 Å². The first-order valence-corrected chi connectivity index (χ1v) is 9.75. The molecule has 29 heavy (non-hydrogen) atoms. The van der Waals surface area contributed by atoms with Crippen molar-refractivity contribution in [2.45, 2.75) is 6.92 Å². The lowest BCUT2D eigenvalue weighted by Crippen LogP contribution is -2.16. The smallest absolute Gasteiger partial charge is 0.254 e. The summed E-state index contributed by atoms with van der Waals surface area (Å²) < 4.78 is 16.5. The van der Waals surface area contributed by atoms with Gasteiger partial charge in [0, 0.05) is 30.4 Å². The van der Waals surface area contributed by atoms with Crippen molar-refractivity contribution < 1.29 is 4.39 Å². The number of hydrogen-bond donors (Lipinski definition) is 2. The zero-order chi connectivity index (χ0) is 19.8. The minimum atomic E-state index is -0.264. The van der Waals surface area contributed by atoms with E-state index in [9.17, 15) is 4.39 Å². The van der Waals surface area contributed by atoms with E-state index in [1.54, 1.807) is 21.2 Å². The van der Waals surface area contributed by atoms with Crippen LogP contribution in [0.15, 0.2) is 42.9 Å². The highest BCUT2D eigenvalue weighted by atomic mass is 32.1. The van der Waals surface area contributed by atoms with Crippen LogP contribution in [0.4, 0.5) is 15.3 Å². The monoisotopic (exact) mass is 409 g/mol. The number of aryl methyl sites for hydroxylation is 1. The molecule has 4 heterocycles. The predicted octanol–water partition coefficient (Wildman–Crippen LogP) is 2.87. The summed E-state index contributed by atoms with van der Waals surface area (Å²) in [5, 5.41) is 16.1. The van der Waals surface area contributed by atoms with Crippen LogP contribution in [0.25, 0.3) is 22.0 Å². The number of anilines is 2. The average Bonchev–Trinajstić information content (AvgIpc) is 3.40. The number of imidazole rings is 1. The highest BCUT2D eigenvalue weighted by Crippen LogP contribution is 2.24. The summed E-state index contributed by atoms with van der Waals surface area (Å²) in [7, 11) is 0. The van der Waals surface area contributed by atoms with Gasteiger partial charge in [-0.05, 0) is 31.2 Å². The molecule has 0 saturated carbocycles. The summed E-state index contributed by atoms with van der Waals surface area (Å²) >= 11 is 1.46. The molecule has 0 saturated heterocycles. The fourth-order valence-corrected chi connectivity index (χ4v) is 3.75. The Morgan fingerprint density at radius 2 is 1.93 bits per heavy atom. The van der Waals surface area contributed by atoms with Crippen LogP contribution in [-0.4, -0.2) is 47.3 Å². The molecule has 0 aliphatic rings. The van der Waals surface area contributed by atoms with E-state index in [1.807, 2.05) is 19.2 Å². The number of hydrogen-bond acceptors (Lipinski definition) is 8. The largest absolute Gasteiger partial charge is 0.368 e. The van der Waals surface area contributed by atoms with Gasteiger partial charge in [-0.15, -0.1) is 5.10 Å². The summed E-state index contributed by atoms with van der Waals surface area (Å²) in [5.41, 5.74) is 2.50. The number of nitrogens with one attached hydrogen (secondary N) is 2. The van der Waals surface area contributed by atoms with Gasteiger partial charge in [0.25, 0.3) is 5.78 Å². The van der Waals surface area contributed by atoms with Gasteiger partial charge in [0.2, 0.25) is 10.1 Å². The summed E-state index contributed by atoms with van der Waals surface area (Å²) in [5.74, 6) is 1.14. The fourth-order valence-electron chi connectivity index (χ4n) is 2.95. The quantitative estimate of drug-likeness (QED) is 0.416. The van der Waals surface area contributed by atoms with E-state index < -0.39 is 0 Å². The number of rotatable bonds is 6. The van der Waals surface area contributed by atoms with Crippen molar-refractivity contribution in [1.29, 1.82) is 0 Å². The third-order valence-corrected chi connectivity index (χ3v) is 5.15. The van der Waals surface area contributed by atoms with E-state index in [1.165, 1.54) is 29.8 Å².